The summed E-state index contributed by atoms with van der Waals surface area (Å²) in [5.41, 5.74) is 2.27. The molecule has 1 atom stereocenters. The Morgan fingerprint density at radius 1 is 1.08 bits per heavy atom. The fraction of sp³-hybridized carbons (Fsp3) is 0.111. The number of amides is 3. The van der Waals surface area contributed by atoms with Crippen LogP contribution in [0, 0.1) is 0 Å². The van der Waals surface area contributed by atoms with Crippen molar-refractivity contribution >= 4 is 29.2 Å². The molecule has 5 nitrogen and oxygen atoms in total. The van der Waals surface area contributed by atoms with Crippen molar-refractivity contribution in [3.63, 3.8) is 0 Å². The normalized spacial score (nSPS) is 17.1. The fourth-order valence-electron chi connectivity index (χ4n) is 2.66. The van der Waals surface area contributed by atoms with Gasteiger partial charge in [-0.25, -0.2) is 4.79 Å². The molecular weight excluding hydrogens is 326 g/mol. The average Bonchev–Trinajstić information content (AvgIpc) is 2.55. The Morgan fingerprint density at radius 2 is 1.75 bits per heavy atom. The number of rotatable bonds is 3. The maximum absolute atomic E-state index is 12.8. The Morgan fingerprint density at radius 3 is 2.46 bits per heavy atom. The molecule has 24 heavy (non-hydrogen) atoms. The lowest BCUT2D eigenvalue weighted by molar-refractivity contribution is -0.113. The van der Waals surface area contributed by atoms with E-state index in [2.05, 4.69) is 16.0 Å². The molecule has 2 aromatic carbocycles. The van der Waals surface area contributed by atoms with Gasteiger partial charge in [-0.15, -0.1) is 0 Å². The van der Waals surface area contributed by atoms with Gasteiger partial charge in [0.25, 0.3) is 5.91 Å². The first-order valence-electron chi connectivity index (χ1n) is 7.45. The summed E-state index contributed by atoms with van der Waals surface area (Å²) in [6.45, 7) is 1.70. The second-order valence-electron chi connectivity index (χ2n) is 5.41. The van der Waals surface area contributed by atoms with Gasteiger partial charge in [0.2, 0.25) is 0 Å². The molecule has 0 saturated carbocycles. The predicted molar refractivity (Wildman–Crippen MR) is 93.6 cm³/mol. The molecule has 0 radical (unpaired) electrons. The van der Waals surface area contributed by atoms with E-state index < -0.39 is 6.04 Å². The Balaban J connectivity index is 1.98. The maximum Gasteiger partial charge on any atom is 0.319 e. The van der Waals surface area contributed by atoms with Gasteiger partial charge in [-0.05, 0) is 30.7 Å². The van der Waals surface area contributed by atoms with Crippen molar-refractivity contribution in [3.05, 3.63) is 76.5 Å². The van der Waals surface area contributed by atoms with Crippen molar-refractivity contribution in [2.24, 2.45) is 0 Å². The van der Waals surface area contributed by atoms with Gasteiger partial charge < -0.3 is 16.0 Å². The fourth-order valence-corrected chi connectivity index (χ4v) is 2.90. The molecule has 0 spiro atoms. The molecular formula is C18H16ClN3O2. The van der Waals surface area contributed by atoms with E-state index in [4.69, 9.17) is 11.6 Å². The Bertz CT molecular complexity index is 818. The molecule has 0 aliphatic carbocycles. The Hall–Kier alpha value is -2.79. The molecule has 122 valence electrons. The maximum atomic E-state index is 12.8. The summed E-state index contributed by atoms with van der Waals surface area (Å²) in [5.74, 6) is -0.295. The van der Waals surface area contributed by atoms with Crippen LogP contribution < -0.4 is 16.0 Å². The first kappa shape index (κ1) is 16.1. The molecule has 3 N–H and O–H groups in total. The van der Waals surface area contributed by atoms with Gasteiger partial charge in [-0.1, -0.05) is 48.0 Å². The number of carbonyl (C=O) groups excluding carboxylic acids is 2. The van der Waals surface area contributed by atoms with Crippen molar-refractivity contribution in [1.82, 2.24) is 10.6 Å². The number of urea groups is 1. The van der Waals surface area contributed by atoms with Crippen LogP contribution in [0.4, 0.5) is 10.5 Å². The molecule has 3 amide bonds. The number of benzene rings is 2. The molecule has 0 bridgehead atoms. The van der Waals surface area contributed by atoms with Gasteiger partial charge in [-0.3, -0.25) is 4.79 Å². The van der Waals surface area contributed by atoms with Gasteiger partial charge in [-0.2, -0.15) is 0 Å². The number of para-hydroxylation sites is 1. The number of hydrogen-bond donors (Lipinski definition) is 3. The van der Waals surface area contributed by atoms with E-state index in [1.54, 1.807) is 37.3 Å². The van der Waals surface area contributed by atoms with Gasteiger partial charge in [0.1, 0.15) is 0 Å². The standard InChI is InChI=1S/C18H16ClN3O2/c1-11-15(17(23)21-12-7-3-2-4-8-12)16(22-18(24)20-11)13-9-5-6-10-14(13)19/h2-10,16H,1H3,(H,21,23)(H2,20,22,24)/t16-/m1/s1. The summed E-state index contributed by atoms with van der Waals surface area (Å²) in [5, 5.41) is 8.74. The SMILES string of the molecule is CC1=C(C(=O)Nc2ccccc2)[C@@H](c2ccccc2Cl)NC(=O)N1. The van der Waals surface area contributed by atoms with Gasteiger partial charge >= 0.3 is 6.03 Å². The largest absolute Gasteiger partial charge is 0.327 e. The van der Waals surface area contributed by atoms with Crippen LogP contribution in [0.5, 0.6) is 0 Å². The van der Waals surface area contributed by atoms with Crippen LogP contribution in [0.15, 0.2) is 65.9 Å². The first-order valence-corrected chi connectivity index (χ1v) is 7.83. The molecule has 0 saturated heterocycles. The number of anilines is 1. The van der Waals surface area contributed by atoms with Crippen LogP contribution in [0.3, 0.4) is 0 Å². The highest BCUT2D eigenvalue weighted by molar-refractivity contribution is 6.31. The lowest BCUT2D eigenvalue weighted by atomic mass is 9.94. The summed E-state index contributed by atoms with van der Waals surface area (Å²) < 4.78 is 0. The molecule has 1 aliphatic rings. The number of hydrogen-bond acceptors (Lipinski definition) is 2. The smallest absolute Gasteiger partial charge is 0.319 e. The average molecular weight is 342 g/mol. The van der Waals surface area contributed by atoms with E-state index in [1.807, 2.05) is 24.3 Å². The number of carbonyl (C=O) groups is 2. The van der Waals surface area contributed by atoms with E-state index in [0.717, 1.165) is 0 Å². The minimum Gasteiger partial charge on any atom is -0.327 e. The molecule has 3 rings (SSSR count). The molecule has 1 aliphatic heterocycles. The van der Waals surface area contributed by atoms with Crippen molar-refractivity contribution in [3.8, 4) is 0 Å². The predicted octanol–water partition coefficient (Wildman–Crippen LogP) is 3.61. The number of nitrogens with one attached hydrogen (secondary N) is 3. The zero-order valence-corrected chi connectivity index (χ0v) is 13.7. The summed E-state index contributed by atoms with van der Waals surface area (Å²) >= 11 is 6.26. The molecule has 1 heterocycles. The van der Waals surface area contributed by atoms with Gasteiger partial charge in [0.05, 0.1) is 11.6 Å². The topological polar surface area (TPSA) is 70.2 Å². The molecule has 6 heteroatoms. The highest BCUT2D eigenvalue weighted by Crippen LogP contribution is 2.31. The van der Waals surface area contributed by atoms with E-state index in [-0.39, 0.29) is 11.9 Å². The number of allylic oxidation sites excluding steroid dienone is 1. The van der Waals surface area contributed by atoms with Crippen LogP contribution in [0.1, 0.15) is 18.5 Å². The van der Waals surface area contributed by atoms with E-state index in [0.29, 0.717) is 27.5 Å². The van der Waals surface area contributed by atoms with Crippen LogP contribution in [-0.2, 0) is 4.79 Å². The minimum absolute atomic E-state index is 0.295. The third kappa shape index (κ3) is 3.26. The van der Waals surface area contributed by atoms with Crippen LogP contribution >= 0.6 is 11.6 Å². The lowest BCUT2D eigenvalue weighted by Crippen LogP contribution is -2.46. The van der Waals surface area contributed by atoms with E-state index in [9.17, 15) is 9.59 Å². The zero-order valence-electron chi connectivity index (χ0n) is 13.0. The second-order valence-corrected chi connectivity index (χ2v) is 5.82. The Kier molecular flexibility index (Phi) is 4.53. The number of halogens is 1. The Labute approximate surface area is 144 Å². The monoisotopic (exact) mass is 341 g/mol. The third-order valence-electron chi connectivity index (χ3n) is 3.76. The molecule has 0 aromatic heterocycles. The van der Waals surface area contributed by atoms with Crippen molar-refractivity contribution in [1.29, 1.82) is 0 Å². The van der Waals surface area contributed by atoms with Crippen LogP contribution in [-0.4, -0.2) is 11.9 Å². The van der Waals surface area contributed by atoms with Gasteiger partial charge in [0.15, 0.2) is 0 Å². The summed E-state index contributed by atoms with van der Waals surface area (Å²) in [6.07, 6.45) is 0. The second kappa shape index (κ2) is 6.76. The van der Waals surface area contributed by atoms with Gasteiger partial charge in [0, 0.05) is 16.4 Å². The molecule has 2 aromatic rings. The highest BCUT2D eigenvalue weighted by atomic mass is 35.5. The van der Waals surface area contributed by atoms with E-state index >= 15 is 0 Å². The zero-order chi connectivity index (χ0) is 17.1. The molecule has 0 unspecified atom stereocenters. The first-order chi connectivity index (χ1) is 11.6. The minimum atomic E-state index is -0.615. The lowest BCUT2D eigenvalue weighted by Gasteiger charge is -2.29. The quantitative estimate of drug-likeness (QED) is 0.798. The summed E-state index contributed by atoms with van der Waals surface area (Å²) in [6, 6.07) is 15.3. The highest BCUT2D eigenvalue weighted by Gasteiger charge is 2.32. The van der Waals surface area contributed by atoms with Crippen molar-refractivity contribution in [2.75, 3.05) is 5.32 Å². The summed E-state index contributed by atoms with van der Waals surface area (Å²) in [4.78, 5) is 24.6. The summed E-state index contributed by atoms with van der Waals surface area (Å²) in [7, 11) is 0. The third-order valence-corrected chi connectivity index (χ3v) is 4.11. The van der Waals surface area contributed by atoms with Crippen molar-refractivity contribution < 1.29 is 9.59 Å². The molecule has 0 fully saturated rings. The van der Waals surface area contributed by atoms with E-state index in [1.165, 1.54) is 0 Å². The van der Waals surface area contributed by atoms with Crippen molar-refractivity contribution in [2.45, 2.75) is 13.0 Å². The van der Waals surface area contributed by atoms with Crippen LogP contribution in [0.25, 0.3) is 0 Å². The van der Waals surface area contributed by atoms with Crippen LogP contribution in [0.2, 0.25) is 5.02 Å².